The van der Waals surface area contributed by atoms with Gasteiger partial charge in [0.15, 0.2) is 0 Å². The van der Waals surface area contributed by atoms with E-state index in [1.54, 1.807) is 26.5 Å². The summed E-state index contributed by atoms with van der Waals surface area (Å²) in [4.78, 5) is 8.23. The summed E-state index contributed by atoms with van der Waals surface area (Å²) < 4.78 is 9.89. The van der Waals surface area contributed by atoms with Gasteiger partial charge >= 0.3 is 0 Å². The molecule has 0 bridgehead atoms. The summed E-state index contributed by atoms with van der Waals surface area (Å²) in [5.74, 6) is 1.23. The number of aromatic nitrogens is 2. The van der Waals surface area contributed by atoms with Crippen molar-refractivity contribution in [2.24, 2.45) is 5.73 Å². The first-order chi connectivity index (χ1) is 6.76. The maximum absolute atomic E-state index is 5.76. The third-order valence-electron chi connectivity index (χ3n) is 1.71. The molecule has 5 heteroatoms. The maximum atomic E-state index is 5.76. The Kier molecular flexibility index (Phi) is 4.28. The second kappa shape index (κ2) is 5.51. The molecule has 0 saturated carbocycles. The van der Waals surface area contributed by atoms with E-state index in [0.29, 0.717) is 24.7 Å². The minimum absolute atomic E-state index is 0.0768. The van der Waals surface area contributed by atoms with Crippen molar-refractivity contribution in [3.63, 3.8) is 0 Å². The number of hydrogen-bond donors (Lipinski definition) is 1. The largest absolute Gasteiger partial charge is 0.481 e. The number of methoxy groups -OCH3 is 2. The Bertz CT molecular complexity index is 281. The third-order valence-corrected chi connectivity index (χ3v) is 1.71. The summed E-state index contributed by atoms with van der Waals surface area (Å²) in [6, 6.07) is 1.62. The van der Waals surface area contributed by atoms with Crippen molar-refractivity contribution in [1.29, 1.82) is 0 Å². The van der Waals surface area contributed by atoms with Crippen molar-refractivity contribution < 1.29 is 9.47 Å². The molecule has 2 N–H and O–H groups in total. The van der Waals surface area contributed by atoms with Crippen LogP contribution in [0.15, 0.2) is 12.3 Å². The fourth-order valence-corrected chi connectivity index (χ4v) is 1.10. The van der Waals surface area contributed by atoms with Crippen LogP contribution in [0.4, 0.5) is 0 Å². The lowest BCUT2D eigenvalue weighted by Crippen LogP contribution is -2.28. The summed E-state index contributed by atoms with van der Waals surface area (Å²) in [5.41, 5.74) is 5.76. The van der Waals surface area contributed by atoms with E-state index in [1.807, 2.05) is 0 Å². The zero-order valence-electron chi connectivity index (χ0n) is 8.43. The van der Waals surface area contributed by atoms with E-state index in [-0.39, 0.29) is 6.04 Å². The number of nitrogens with zero attached hydrogens (tertiary/aromatic N) is 2. The average Bonchev–Trinajstić information content (AvgIpc) is 2.18. The average molecular weight is 197 g/mol. The van der Waals surface area contributed by atoms with Gasteiger partial charge in [-0.2, -0.15) is 4.98 Å². The normalized spacial score (nSPS) is 12.5. The molecule has 1 atom stereocenters. The SMILES string of the molecule is COCC(N)Cc1nccc(OC)n1. The molecule has 0 radical (unpaired) electrons. The number of ether oxygens (including phenoxy) is 2. The van der Waals surface area contributed by atoms with Gasteiger partial charge in [0.2, 0.25) is 5.88 Å². The molecule has 1 unspecified atom stereocenters. The molecule has 1 aromatic rings. The van der Waals surface area contributed by atoms with Crippen molar-refractivity contribution >= 4 is 0 Å². The first-order valence-corrected chi connectivity index (χ1v) is 4.36. The van der Waals surface area contributed by atoms with Gasteiger partial charge in [0, 0.05) is 31.8 Å². The lowest BCUT2D eigenvalue weighted by Gasteiger charge is -2.09. The highest BCUT2D eigenvalue weighted by atomic mass is 16.5. The lowest BCUT2D eigenvalue weighted by molar-refractivity contribution is 0.179. The molecule has 0 fully saturated rings. The topological polar surface area (TPSA) is 70.3 Å². The van der Waals surface area contributed by atoms with Gasteiger partial charge in [0.25, 0.3) is 0 Å². The van der Waals surface area contributed by atoms with Crippen LogP contribution in [0.3, 0.4) is 0 Å². The molecule has 1 aromatic heterocycles. The highest BCUT2D eigenvalue weighted by Crippen LogP contribution is 2.04. The maximum Gasteiger partial charge on any atom is 0.216 e. The van der Waals surface area contributed by atoms with E-state index < -0.39 is 0 Å². The van der Waals surface area contributed by atoms with Crippen molar-refractivity contribution in [1.82, 2.24) is 9.97 Å². The number of hydrogen-bond acceptors (Lipinski definition) is 5. The Labute approximate surface area is 83.3 Å². The van der Waals surface area contributed by atoms with Crippen LogP contribution < -0.4 is 10.5 Å². The fraction of sp³-hybridized carbons (Fsp3) is 0.556. The van der Waals surface area contributed by atoms with Crippen LogP contribution in [-0.2, 0) is 11.2 Å². The van der Waals surface area contributed by atoms with Crippen LogP contribution in [0, 0.1) is 0 Å². The molecule has 5 nitrogen and oxygen atoms in total. The zero-order chi connectivity index (χ0) is 10.4. The van der Waals surface area contributed by atoms with Gasteiger partial charge < -0.3 is 15.2 Å². The van der Waals surface area contributed by atoms with Gasteiger partial charge in [-0.15, -0.1) is 0 Å². The van der Waals surface area contributed by atoms with Gasteiger partial charge in [0.05, 0.1) is 13.7 Å². The van der Waals surface area contributed by atoms with Crippen molar-refractivity contribution in [3.8, 4) is 5.88 Å². The smallest absolute Gasteiger partial charge is 0.216 e. The second-order valence-electron chi connectivity index (χ2n) is 2.93. The molecule has 0 spiro atoms. The first kappa shape index (κ1) is 10.9. The first-order valence-electron chi connectivity index (χ1n) is 4.36. The van der Waals surface area contributed by atoms with Crippen LogP contribution >= 0.6 is 0 Å². The Hall–Kier alpha value is -1.20. The predicted molar refractivity (Wildman–Crippen MR) is 52.1 cm³/mol. The van der Waals surface area contributed by atoms with E-state index in [1.165, 1.54) is 0 Å². The van der Waals surface area contributed by atoms with Crippen molar-refractivity contribution in [3.05, 3.63) is 18.1 Å². The van der Waals surface area contributed by atoms with Gasteiger partial charge in [-0.25, -0.2) is 4.98 Å². The third kappa shape index (κ3) is 3.27. The Morgan fingerprint density at radius 3 is 2.93 bits per heavy atom. The van der Waals surface area contributed by atoms with Gasteiger partial charge in [0.1, 0.15) is 5.82 Å². The number of rotatable bonds is 5. The van der Waals surface area contributed by atoms with Crippen molar-refractivity contribution in [2.75, 3.05) is 20.8 Å². The monoisotopic (exact) mass is 197 g/mol. The highest BCUT2D eigenvalue weighted by Gasteiger charge is 2.06. The van der Waals surface area contributed by atoms with Gasteiger partial charge in [-0.1, -0.05) is 0 Å². The molecule has 0 amide bonds. The molecule has 0 aliphatic carbocycles. The fourth-order valence-electron chi connectivity index (χ4n) is 1.10. The summed E-state index contributed by atoms with van der Waals surface area (Å²) in [5, 5.41) is 0. The summed E-state index contributed by atoms with van der Waals surface area (Å²) in [7, 11) is 3.19. The van der Waals surface area contributed by atoms with Gasteiger partial charge in [-0.3, -0.25) is 0 Å². The summed E-state index contributed by atoms with van der Waals surface area (Å²) >= 11 is 0. The molecule has 14 heavy (non-hydrogen) atoms. The Morgan fingerprint density at radius 1 is 1.50 bits per heavy atom. The van der Waals surface area contributed by atoms with Crippen LogP contribution in [-0.4, -0.2) is 36.8 Å². The predicted octanol–water partition coefficient (Wildman–Crippen LogP) is 0.00140. The van der Waals surface area contributed by atoms with E-state index in [0.717, 1.165) is 0 Å². The van der Waals surface area contributed by atoms with Crippen LogP contribution in [0.25, 0.3) is 0 Å². The Balaban J connectivity index is 2.57. The van der Waals surface area contributed by atoms with E-state index in [4.69, 9.17) is 15.2 Å². The second-order valence-corrected chi connectivity index (χ2v) is 2.93. The van der Waals surface area contributed by atoms with Crippen LogP contribution in [0.2, 0.25) is 0 Å². The molecule has 1 heterocycles. The van der Waals surface area contributed by atoms with E-state index in [2.05, 4.69) is 9.97 Å². The summed E-state index contributed by atoms with van der Waals surface area (Å²) in [6.07, 6.45) is 2.24. The number of nitrogens with two attached hydrogens (primary N) is 1. The van der Waals surface area contributed by atoms with Crippen molar-refractivity contribution in [2.45, 2.75) is 12.5 Å². The van der Waals surface area contributed by atoms with E-state index in [9.17, 15) is 0 Å². The minimum Gasteiger partial charge on any atom is -0.481 e. The van der Waals surface area contributed by atoms with Gasteiger partial charge in [-0.05, 0) is 0 Å². The highest BCUT2D eigenvalue weighted by molar-refractivity contribution is 5.08. The molecular formula is C9H15N3O2. The van der Waals surface area contributed by atoms with Crippen LogP contribution in [0.5, 0.6) is 5.88 Å². The quantitative estimate of drug-likeness (QED) is 0.719. The molecule has 1 rings (SSSR count). The minimum atomic E-state index is -0.0768. The Morgan fingerprint density at radius 2 is 2.29 bits per heavy atom. The van der Waals surface area contributed by atoms with Crippen LogP contribution in [0.1, 0.15) is 5.82 Å². The lowest BCUT2D eigenvalue weighted by atomic mass is 10.2. The molecule has 0 aromatic carbocycles. The zero-order valence-corrected chi connectivity index (χ0v) is 8.43. The summed E-state index contributed by atoms with van der Waals surface area (Å²) in [6.45, 7) is 0.501. The molecule has 0 aliphatic rings. The molecule has 0 aliphatic heterocycles. The molecule has 78 valence electrons. The molecule has 0 saturated heterocycles. The van der Waals surface area contributed by atoms with E-state index >= 15 is 0 Å². The molecular weight excluding hydrogens is 182 g/mol. The standard InChI is InChI=1S/C9H15N3O2/c1-13-6-7(10)5-8-11-4-3-9(12-8)14-2/h3-4,7H,5-6,10H2,1-2H3.